The van der Waals surface area contributed by atoms with Gasteiger partial charge in [0.1, 0.15) is 0 Å². The number of hydrogen-bond donors (Lipinski definition) is 0. The molecule has 0 aliphatic heterocycles. The van der Waals surface area contributed by atoms with Crippen LogP contribution in [0.25, 0.3) is 0 Å². The van der Waals surface area contributed by atoms with Crippen molar-refractivity contribution in [2.45, 2.75) is 0 Å². The van der Waals surface area contributed by atoms with Crippen LogP contribution in [0.15, 0.2) is 24.5 Å². The molecule has 0 N–H and O–H groups in total. The van der Waals surface area contributed by atoms with Gasteiger partial charge in [-0.05, 0) is 0 Å². The molecule has 1 aromatic rings. The molecule has 1 rings (SSSR count). The summed E-state index contributed by atoms with van der Waals surface area (Å²) in [6.45, 7) is 0. The number of nitrogens with zero attached hydrogens (tertiary/aromatic N) is 1. The van der Waals surface area contributed by atoms with E-state index in [1.54, 1.807) is 0 Å². The van der Waals surface area contributed by atoms with Crippen molar-refractivity contribution in [3.63, 3.8) is 0 Å². The monoisotopic (exact) mass is 164 g/mol. The number of hydrogen-bond acceptors (Lipinski definition) is 0. The summed E-state index contributed by atoms with van der Waals surface area (Å²) < 4.78 is 2.01. The SMILES string of the molecule is [Mo][n]1cccc1. The fourth-order valence-electron chi connectivity index (χ4n) is 0.319. The van der Waals surface area contributed by atoms with E-state index in [4.69, 9.17) is 0 Å². The zero-order valence-electron chi connectivity index (χ0n) is 3.16. The van der Waals surface area contributed by atoms with E-state index in [2.05, 4.69) is 0 Å². The predicted octanol–water partition coefficient (Wildman–Crippen LogP) is 0.798. The fraction of sp³-hybridized carbons (Fsp3) is 0. The Bertz CT molecular complexity index is 111. The zero-order chi connectivity index (χ0) is 4.41. The van der Waals surface area contributed by atoms with Crippen molar-refractivity contribution >= 4 is 0 Å². The molecule has 0 radical (unpaired) electrons. The molecule has 0 aromatic carbocycles. The average molecular weight is 162 g/mol. The first-order valence-electron chi connectivity index (χ1n) is 1.70. The summed E-state index contributed by atoms with van der Waals surface area (Å²) in [5.74, 6) is 0. The molecule has 1 heterocycles. The Morgan fingerprint density at radius 1 is 1.17 bits per heavy atom. The molecule has 0 saturated carbocycles. The number of rotatable bonds is 0. The van der Waals surface area contributed by atoms with Crippen LogP contribution in [0.5, 0.6) is 0 Å². The fourth-order valence-corrected chi connectivity index (χ4v) is 0.664. The second-order valence-corrected chi connectivity index (χ2v) is 2.08. The molecule has 1 nitrogen and oxygen atoms in total. The molecule has 6 heavy (non-hydrogen) atoms. The van der Waals surface area contributed by atoms with Gasteiger partial charge in [-0.25, -0.2) is 0 Å². The molecule has 0 fully saturated rings. The van der Waals surface area contributed by atoms with E-state index in [9.17, 15) is 0 Å². The summed E-state index contributed by atoms with van der Waals surface area (Å²) in [4.78, 5) is 0. The van der Waals surface area contributed by atoms with E-state index < -0.39 is 0 Å². The summed E-state index contributed by atoms with van der Waals surface area (Å²) in [7, 11) is 0. The Hall–Kier alpha value is -0.0317. The molecular weight excluding hydrogens is 158 g/mol. The second kappa shape index (κ2) is 1.61. The van der Waals surface area contributed by atoms with Crippen LogP contribution in [-0.2, 0) is 20.1 Å². The third-order valence-electron chi connectivity index (χ3n) is 0.577. The maximum atomic E-state index is 2.01. The van der Waals surface area contributed by atoms with Gasteiger partial charge in [0.05, 0.1) is 0 Å². The van der Waals surface area contributed by atoms with Gasteiger partial charge in [0, 0.05) is 0 Å². The van der Waals surface area contributed by atoms with E-state index >= 15 is 0 Å². The van der Waals surface area contributed by atoms with Crippen molar-refractivity contribution in [3.8, 4) is 0 Å². The molecule has 0 atom stereocenters. The van der Waals surface area contributed by atoms with Crippen LogP contribution in [0.4, 0.5) is 0 Å². The quantitative estimate of drug-likeness (QED) is 0.497. The average Bonchev–Trinajstić information content (AvgIpc) is 1.86. The van der Waals surface area contributed by atoms with Gasteiger partial charge in [0.2, 0.25) is 0 Å². The minimum atomic E-state index is 1.94. The van der Waals surface area contributed by atoms with Crippen LogP contribution in [-0.4, -0.2) is 3.13 Å². The number of aromatic nitrogens is 1. The maximum absolute atomic E-state index is 2.01. The van der Waals surface area contributed by atoms with E-state index in [-0.39, 0.29) is 0 Å². The summed E-state index contributed by atoms with van der Waals surface area (Å²) in [5, 5.41) is 0. The predicted molar refractivity (Wildman–Crippen MR) is 19.8 cm³/mol. The zero-order valence-corrected chi connectivity index (χ0v) is 5.17. The van der Waals surface area contributed by atoms with Gasteiger partial charge in [-0.2, -0.15) is 0 Å². The Balaban J connectivity index is 3.05. The summed E-state index contributed by atoms with van der Waals surface area (Å²) in [5.41, 5.74) is 0. The van der Waals surface area contributed by atoms with Crippen LogP contribution in [0.2, 0.25) is 0 Å². The van der Waals surface area contributed by atoms with Gasteiger partial charge in [-0.15, -0.1) is 0 Å². The Morgan fingerprint density at radius 3 is 1.83 bits per heavy atom. The van der Waals surface area contributed by atoms with Crippen LogP contribution in [0, 0.1) is 0 Å². The summed E-state index contributed by atoms with van der Waals surface area (Å²) in [6.07, 6.45) is 4.01. The third kappa shape index (κ3) is 0.720. The molecule has 0 aliphatic carbocycles. The third-order valence-corrected chi connectivity index (χ3v) is 1.18. The molecule has 2 heteroatoms. The van der Waals surface area contributed by atoms with Crippen LogP contribution in [0.3, 0.4) is 0 Å². The minimum absolute atomic E-state index is 1.94. The summed E-state index contributed by atoms with van der Waals surface area (Å²) in [6, 6.07) is 4.00. The van der Waals surface area contributed by atoms with Crippen molar-refractivity contribution in [1.82, 2.24) is 3.13 Å². The first-order chi connectivity index (χ1) is 2.89. The van der Waals surface area contributed by atoms with E-state index in [0.29, 0.717) is 0 Å². The van der Waals surface area contributed by atoms with E-state index in [1.165, 1.54) is 0 Å². The van der Waals surface area contributed by atoms with Crippen molar-refractivity contribution in [3.05, 3.63) is 24.5 Å². The normalized spacial score (nSPS) is 8.67. The second-order valence-electron chi connectivity index (χ2n) is 1.04. The molecule has 31 valence electrons. The summed E-state index contributed by atoms with van der Waals surface area (Å²) >= 11 is 1.94. The van der Waals surface area contributed by atoms with Crippen LogP contribution in [0.1, 0.15) is 0 Å². The Labute approximate surface area is 48.2 Å². The first-order valence-corrected chi connectivity index (χ1v) is 2.60. The molecule has 0 saturated heterocycles. The van der Waals surface area contributed by atoms with Crippen molar-refractivity contribution in [2.75, 3.05) is 0 Å². The topological polar surface area (TPSA) is 4.93 Å². The van der Waals surface area contributed by atoms with E-state index in [1.807, 2.05) is 47.7 Å². The van der Waals surface area contributed by atoms with Gasteiger partial charge in [-0.1, -0.05) is 0 Å². The Morgan fingerprint density at radius 2 is 1.67 bits per heavy atom. The van der Waals surface area contributed by atoms with Gasteiger partial charge >= 0.3 is 47.7 Å². The van der Waals surface area contributed by atoms with Crippen molar-refractivity contribution in [2.24, 2.45) is 0 Å². The first kappa shape index (κ1) is 4.14. The molecule has 0 spiro atoms. The van der Waals surface area contributed by atoms with Gasteiger partial charge in [0.25, 0.3) is 0 Å². The molecule has 0 aliphatic rings. The van der Waals surface area contributed by atoms with Gasteiger partial charge < -0.3 is 0 Å². The van der Waals surface area contributed by atoms with E-state index in [0.717, 1.165) is 0 Å². The standard InChI is InChI=1S/C4H4N.Mo/c1-2-4-5-3-1;/h1-4H;/q-1;+1. The van der Waals surface area contributed by atoms with Crippen molar-refractivity contribution < 1.29 is 20.1 Å². The van der Waals surface area contributed by atoms with Gasteiger partial charge in [0.15, 0.2) is 0 Å². The molecule has 0 unspecified atom stereocenters. The molecular formula is C4H4MoN. The molecule has 0 bridgehead atoms. The molecule has 0 amide bonds. The van der Waals surface area contributed by atoms with Crippen LogP contribution < -0.4 is 0 Å². The van der Waals surface area contributed by atoms with Crippen LogP contribution >= 0.6 is 0 Å². The van der Waals surface area contributed by atoms with Gasteiger partial charge in [-0.3, -0.25) is 0 Å². The van der Waals surface area contributed by atoms with Crippen molar-refractivity contribution in [1.29, 1.82) is 0 Å². The Kier molecular flexibility index (Phi) is 1.11. The molecule has 1 aromatic heterocycles.